The van der Waals surface area contributed by atoms with Crippen molar-refractivity contribution in [3.8, 4) is 0 Å². The van der Waals surface area contributed by atoms with E-state index in [2.05, 4.69) is 5.16 Å². The van der Waals surface area contributed by atoms with Crippen molar-refractivity contribution in [3.63, 3.8) is 0 Å². The molecule has 3 rings (SSSR count). The van der Waals surface area contributed by atoms with E-state index in [0.717, 1.165) is 5.56 Å². The average molecular weight is 365 g/mol. The topological polar surface area (TPSA) is 84.8 Å². The highest BCUT2D eigenvalue weighted by molar-refractivity contribution is 7.90. The molecule has 1 atom stereocenters. The highest BCUT2D eigenvalue weighted by Gasteiger charge is 2.31. The van der Waals surface area contributed by atoms with Gasteiger partial charge in [0.1, 0.15) is 0 Å². The van der Waals surface area contributed by atoms with Gasteiger partial charge in [-0.1, -0.05) is 47.1 Å². The molecule has 0 radical (unpaired) electrons. The fourth-order valence-electron chi connectivity index (χ4n) is 2.19. The molecule has 8 heteroatoms. The summed E-state index contributed by atoms with van der Waals surface area (Å²) in [4.78, 5) is 17.2. The summed E-state index contributed by atoms with van der Waals surface area (Å²) >= 11 is 5.73. The van der Waals surface area contributed by atoms with Gasteiger partial charge in [-0.05, 0) is 29.8 Å². The normalized spacial score (nSPS) is 17.0. The van der Waals surface area contributed by atoms with E-state index in [4.69, 9.17) is 16.4 Å². The Morgan fingerprint density at radius 2 is 1.79 bits per heavy atom. The fourth-order valence-corrected chi connectivity index (χ4v) is 3.32. The van der Waals surface area contributed by atoms with Gasteiger partial charge in [-0.15, -0.1) is 0 Å². The lowest BCUT2D eigenvalue weighted by Gasteiger charge is -2.10. The monoisotopic (exact) mass is 364 g/mol. The average Bonchev–Trinajstić information content (AvgIpc) is 3.06. The first kappa shape index (κ1) is 16.5. The zero-order chi connectivity index (χ0) is 17.2. The standard InChI is InChI=1S/C16H13ClN2O4S/c17-12-6-8-13(9-7-12)24(21,22)19-16(20)15-10-14(18-23-15)11-4-2-1-3-5-11/h1-9,15H,10H2,(H,19,20). The number of nitrogens with zero attached hydrogens (tertiary/aromatic N) is 1. The number of hydrogen-bond acceptors (Lipinski definition) is 5. The molecule has 1 heterocycles. The van der Waals surface area contributed by atoms with Gasteiger partial charge in [-0.3, -0.25) is 4.79 Å². The Morgan fingerprint density at radius 1 is 1.12 bits per heavy atom. The Labute approximate surface area is 144 Å². The van der Waals surface area contributed by atoms with Crippen LogP contribution in [0, 0.1) is 0 Å². The van der Waals surface area contributed by atoms with Crippen LogP contribution in [0.15, 0.2) is 64.6 Å². The number of benzene rings is 2. The van der Waals surface area contributed by atoms with Gasteiger partial charge in [0.2, 0.25) is 6.10 Å². The molecule has 0 aromatic heterocycles. The zero-order valence-electron chi connectivity index (χ0n) is 12.3. The van der Waals surface area contributed by atoms with Gasteiger partial charge in [0, 0.05) is 11.4 Å². The lowest BCUT2D eigenvalue weighted by atomic mass is 10.1. The van der Waals surface area contributed by atoms with Crippen LogP contribution >= 0.6 is 11.6 Å². The van der Waals surface area contributed by atoms with E-state index in [-0.39, 0.29) is 11.3 Å². The van der Waals surface area contributed by atoms with E-state index >= 15 is 0 Å². The predicted molar refractivity (Wildman–Crippen MR) is 89.2 cm³/mol. The molecule has 124 valence electrons. The first-order chi connectivity index (χ1) is 11.5. The molecule has 0 spiro atoms. The van der Waals surface area contributed by atoms with Crippen molar-refractivity contribution in [2.45, 2.75) is 17.4 Å². The molecule has 1 N–H and O–H groups in total. The Bertz CT molecular complexity index is 880. The van der Waals surface area contributed by atoms with E-state index in [1.54, 1.807) is 0 Å². The molecule has 1 unspecified atom stereocenters. The number of halogens is 1. The third kappa shape index (κ3) is 3.58. The molecular weight excluding hydrogens is 352 g/mol. The van der Waals surface area contributed by atoms with Crippen LogP contribution in [-0.4, -0.2) is 26.1 Å². The smallest absolute Gasteiger partial charge is 0.278 e. The summed E-state index contributed by atoms with van der Waals surface area (Å²) in [5, 5.41) is 4.27. The predicted octanol–water partition coefficient (Wildman–Crippen LogP) is 2.34. The second kappa shape index (κ2) is 6.62. The maximum atomic E-state index is 12.2. The largest absolute Gasteiger partial charge is 0.382 e. The summed E-state index contributed by atoms with van der Waals surface area (Å²) in [6.07, 6.45) is -0.784. The number of hydrogen-bond donors (Lipinski definition) is 1. The highest BCUT2D eigenvalue weighted by atomic mass is 35.5. The minimum atomic E-state index is -3.98. The molecule has 0 aliphatic carbocycles. The number of nitrogens with one attached hydrogen (secondary N) is 1. The number of rotatable bonds is 4. The van der Waals surface area contributed by atoms with Crippen molar-refractivity contribution in [1.82, 2.24) is 4.72 Å². The number of sulfonamides is 1. The molecule has 1 aliphatic rings. The van der Waals surface area contributed by atoms with E-state index in [9.17, 15) is 13.2 Å². The van der Waals surface area contributed by atoms with E-state index in [0.29, 0.717) is 10.7 Å². The summed E-state index contributed by atoms with van der Waals surface area (Å²) in [6.45, 7) is 0. The molecule has 0 saturated heterocycles. The molecule has 2 aromatic rings. The van der Waals surface area contributed by atoms with Gasteiger partial charge in [0.05, 0.1) is 10.6 Å². The summed E-state index contributed by atoms with van der Waals surface area (Å²) in [7, 11) is -3.98. The Balaban J connectivity index is 1.67. The van der Waals surface area contributed by atoms with Crippen LogP contribution in [0.5, 0.6) is 0 Å². The van der Waals surface area contributed by atoms with Crippen molar-refractivity contribution in [2.75, 3.05) is 0 Å². The van der Waals surface area contributed by atoms with Gasteiger partial charge in [-0.25, -0.2) is 13.1 Å². The van der Waals surface area contributed by atoms with Crippen LogP contribution in [0.4, 0.5) is 0 Å². The number of amides is 1. The van der Waals surface area contributed by atoms with Gasteiger partial charge < -0.3 is 4.84 Å². The van der Waals surface area contributed by atoms with Crippen LogP contribution in [0.2, 0.25) is 5.02 Å². The second-order valence-electron chi connectivity index (χ2n) is 5.13. The first-order valence-electron chi connectivity index (χ1n) is 7.06. The van der Waals surface area contributed by atoms with Crippen LogP contribution in [0.25, 0.3) is 0 Å². The minimum absolute atomic E-state index is 0.0533. The summed E-state index contributed by atoms with van der Waals surface area (Å²) in [5.41, 5.74) is 1.42. The van der Waals surface area contributed by atoms with E-state index in [1.807, 2.05) is 35.1 Å². The van der Waals surface area contributed by atoms with Gasteiger partial charge in [0.15, 0.2) is 0 Å². The SMILES string of the molecule is O=C(NS(=O)(=O)c1ccc(Cl)cc1)C1CC(c2ccccc2)=NO1. The lowest BCUT2D eigenvalue weighted by Crippen LogP contribution is -2.38. The van der Waals surface area contributed by atoms with Gasteiger partial charge >= 0.3 is 0 Å². The van der Waals surface area contributed by atoms with Gasteiger partial charge in [0.25, 0.3) is 15.9 Å². The van der Waals surface area contributed by atoms with Crippen LogP contribution in [0.3, 0.4) is 0 Å². The Morgan fingerprint density at radius 3 is 2.46 bits per heavy atom. The maximum Gasteiger partial charge on any atom is 0.278 e. The highest BCUT2D eigenvalue weighted by Crippen LogP contribution is 2.18. The van der Waals surface area contributed by atoms with Crippen molar-refractivity contribution in [1.29, 1.82) is 0 Å². The lowest BCUT2D eigenvalue weighted by molar-refractivity contribution is -0.129. The van der Waals surface area contributed by atoms with Crippen LogP contribution in [0.1, 0.15) is 12.0 Å². The molecule has 1 aliphatic heterocycles. The maximum absolute atomic E-state index is 12.2. The number of oxime groups is 1. The number of carbonyl (C=O) groups excluding carboxylic acids is 1. The molecule has 1 amide bonds. The quantitative estimate of drug-likeness (QED) is 0.902. The Hall–Kier alpha value is -2.38. The van der Waals surface area contributed by atoms with Crippen molar-refractivity contribution in [2.24, 2.45) is 5.16 Å². The summed E-state index contributed by atoms with van der Waals surface area (Å²) in [6, 6.07) is 14.7. The van der Waals surface area contributed by atoms with Crippen LogP contribution < -0.4 is 4.72 Å². The molecule has 0 fully saturated rings. The Kier molecular flexibility index (Phi) is 4.55. The molecule has 0 saturated carbocycles. The molecule has 2 aromatic carbocycles. The first-order valence-corrected chi connectivity index (χ1v) is 8.92. The second-order valence-corrected chi connectivity index (χ2v) is 7.24. The summed E-state index contributed by atoms with van der Waals surface area (Å²) in [5.74, 6) is -0.764. The fraction of sp³-hybridized carbons (Fsp3) is 0.125. The van der Waals surface area contributed by atoms with E-state index < -0.39 is 22.0 Å². The van der Waals surface area contributed by atoms with E-state index in [1.165, 1.54) is 24.3 Å². The molecule has 0 bridgehead atoms. The van der Waals surface area contributed by atoms with Crippen molar-refractivity contribution < 1.29 is 18.0 Å². The summed E-state index contributed by atoms with van der Waals surface area (Å²) < 4.78 is 26.4. The molecular formula is C16H13ClN2O4S. The number of carbonyl (C=O) groups is 1. The zero-order valence-corrected chi connectivity index (χ0v) is 13.9. The minimum Gasteiger partial charge on any atom is -0.382 e. The molecule has 24 heavy (non-hydrogen) atoms. The van der Waals surface area contributed by atoms with Crippen LogP contribution in [-0.2, 0) is 19.7 Å². The molecule has 6 nitrogen and oxygen atoms in total. The van der Waals surface area contributed by atoms with Crippen molar-refractivity contribution in [3.05, 3.63) is 65.2 Å². The van der Waals surface area contributed by atoms with Gasteiger partial charge in [-0.2, -0.15) is 0 Å². The third-order valence-corrected chi connectivity index (χ3v) is 5.04. The van der Waals surface area contributed by atoms with Crippen molar-refractivity contribution >= 4 is 33.2 Å². The third-order valence-electron chi connectivity index (χ3n) is 3.43.